The average molecular weight is 479 g/mol. The zero-order valence-corrected chi connectivity index (χ0v) is 19.5. The van der Waals surface area contributed by atoms with Crippen LogP contribution in [0, 0.1) is 0 Å². The van der Waals surface area contributed by atoms with Crippen LogP contribution in [-0.4, -0.2) is 59.5 Å². The molecule has 1 aromatic heterocycles. The highest BCUT2D eigenvalue weighted by Crippen LogP contribution is 2.35. The van der Waals surface area contributed by atoms with Crippen molar-refractivity contribution in [3.05, 3.63) is 53.1 Å². The lowest BCUT2D eigenvalue weighted by molar-refractivity contribution is -0.131. The van der Waals surface area contributed by atoms with E-state index in [-0.39, 0.29) is 18.0 Å². The quantitative estimate of drug-likeness (QED) is 0.439. The maximum absolute atomic E-state index is 12.7. The van der Waals surface area contributed by atoms with Crippen molar-refractivity contribution in [2.24, 2.45) is 0 Å². The maximum atomic E-state index is 12.7. The fraction of sp³-hybridized carbons (Fsp3) is 0.273. The summed E-state index contributed by atoms with van der Waals surface area (Å²) in [6, 6.07) is 6.37. The molecule has 0 unspecified atom stereocenters. The van der Waals surface area contributed by atoms with Gasteiger partial charge in [0.2, 0.25) is 0 Å². The molecule has 0 spiro atoms. The molecule has 0 radical (unpaired) electrons. The smallest absolute Gasteiger partial charge is 0.328 e. The number of rotatable bonds is 12. The van der Waals surface area contributed by atoms with Crippen molar-refractivity contribution in [3.63, 3.8) is 0 Å². The van der Waals surface area contributed by atoms with Crippen LogP contribution in [0.4, 0.5) is 5.82 Å². The molecule has 0 amide bonds. The van der Waals surface area contributed by atoms with E-state index in [0.717, 1.165) is 11.5 Å². The van der Waals surface area contributed by atoms with Crippen LogP contribution in [0.25, 0.3) is 6.08 Å². The number of benzene rings is 1. The van der Waals surface area contributed by atoms with Gasteiger partial charge in [0.15, 0.2) is 21.4 Å². The summed E-state index contributed by atoms with van der Waals surface area (Å²) in [6.07, 6.45) is 3.78. The Morgan fingerprint density at radius 2 is 1.67 bits per heavy atom. The largest absolute Gasteiger partial charge is 0.496 e. The Hall–Kier alpha value is -3.73. The molecule has 0 aliphatic heterocycles. The summed E-state index contributed by atoms with van der Waals surface area (Å²) in [5.74, 6) is 0.527. The number of carbonyl (C=O) groups is 1. The SMILES string of the molecule is COc1cc(OC)c(/C=C/S(=O)(=O)Cc2ccc(OC)c(NCC=CC(=O)O)n2)c(OC)c1. The van der Waals surface area contributed by atoms with Crippen molar-refractivity contribution in [1.29, 1.82) is 0 Å². The molecule has 11 heteroatoms. The Kier molecular flexibility index (Phi) is 9.10. The lowest BCUT2D eigenvalue weighted by atomic mass is 10.1. The number of anilines is 1. The zero-order valence-electron chi connectivity index (χ0n) is 18.7. The molecule has 0 saturated carbocycles. The molecule has 10 nitrogen and oxygen atoms in total. The lowest BCUT2D eigenvalue weighted by Crippen LogP contribution is -2.08. The minimum atomic E-state index is -3.72. The second-order valence-electron chi connectivity index (χ2n) is 6.53. The van der Waals surface area contributed by atoms with Gasteiger partial charge < -0.3 is 29.4 Å². The van der Waals surface area contributed by atoms with Crippen molar-refractivity contribution in [2.75, 3.05) is 40.3 Å². The van der Waals surface area contributed by atoms with Crippen molar-refractivity contribution in [1.82, 2.24) is 4.98 Å². The number of pyridine rings is 1. The van der Waals surface area contributed by atoms with Crippen molar-refractivity contribution >= 4 is 27.7 Å². The Morgan fingerprint density at radius 1 is 1.03 bits per heavy atom. The molecule has 2 aromatic rings. The van der Waals surface area contributed by atoms with Crippen LogP contribution >= 0.6 is 0 Å². The molecule has 1 aromatic carbocycles. The van der Waals surface area contributed by atoms with E-state index in [4.69, 9.17) is 24.1 Å². The zero-order chi connectivity index (χ0) is 24.4. The molecule has 178 valence electrons. The number of nitrogens with one attached hydrogen (secondary N) is 1. The standard InChI is InChI=1S/C22H26N2O8S/c1-29-16-12-19(31-3)17(20(13-16)32-4)9-11-33(27,28)14-15-7-8-18(30-2)22(24-15)23-10-5-6-21(25)26/h5-9,11-13H,10,14H2,1-4H3,(H,23,24)(H,25,26)/b6-5?,11-9+. The number of hydrogen-bond donors (Lipinski definition) is 2. The number of sulfone groups is 1. The second-order valence-corrected chi connectivity index (χ2v) is 8.42. The second kappa shape index (κ2) is 11.8. The number of carboxylic acids is 1. The number of ether oxygens (including phenoxy) is 4. The third-order valence-electron chi connectivity index (χ3n) is 4.33. The van der Waals surface area contributed by atoms with Gasteiger partial charge in [-0.05, 0) is 18.2 Å². The first-order valence-electron chi connectivity index (χ1n) is 9.61. The van der Waals surface area contributed by atoms with Gasteiger partial charge in [0.1, 0.15) is 17.2 Å². The van der Waals surface area contributed by atoms with Gasteiger partial charge in [-0.15, -0.1) is 0 Å². The topological polar surface area (TPSA) is 133 Å². The number of aliphatic carboxylic acids is 1. The van der Waals surface area contributed by atoms with E-state index in [1.807, 2.05) is 0 Å². The molecule has 2 N–H and O–H groups in total. The van der Waals surface area contributed by atoms with Crippen molar-refractivity contribution < 1.29 is 37.3 Å². The third kappa shape index (κ3) is 7.42. The molecule has 0 aliphatic rings. The molecule has 0 fully saturated rings. The summed E-state index contributed by atoms with van der Waals surface area (Å²) in [6.45, 7) is 0.169. The first-order chi connectivity index (χ1) is 15.7. The van der Waals surface area contributed by atoms with Crippen molar-refractivity contribution in [3.8, 4) is 23.0 Å². The number of nitrogens with zero attached hydrogens (tertiary/aromatic N) is 1. The van der Waals surface area contributed by atoms with E-state index in [0.29, 0.717) is 34.4 Å². The molecule has 0 saturated heterocycles. The van der Waals surface area contributed by atoms with Gasteiger partial charge in [-0.3, -0.25) is 0 Å². The van der Waals surface area contributed by atoms with Crippen LogP contribution in [0.15, 0.2) is 41.8 Å². The summed E-state index contributed by atoms with van der Waals surface area (Å²) in [5.41, 5.74) is 0.721. The van der Waals surface area contributed by atoms with E-state index in [1.165, 1.54) is 46.7 Å². The van der Waals surface area contributed by atoms with Gasteiger partial charge >= 0.3 is 5.97 Å². The van der Waals surface area contributed by atoms with E-state index >= 15 is 0 Å². The van der Waals surface area contributed by atoms with Crippen LogP contribution in [0.1, 0.15) is 11.3 Å². The minimum Gasteiger partial charge on any atom is -0.496 e. The monoisotopic (exact) mass is 478 g/mol. The first kappa shape index (κ1) is 25.5. The fourth-order valence-electron chi connectivity index (χ4n) is 2.80. The molecule has 33 heavy (non-hydrogen) atoms. The maximum Gasteiger partial charge on any atom is 0.328 e. The van der Waals surface area contributed by atoms with Gasteiger partial charge in [-0.2, -0.15) is 0 Å². The van der Waals surface area contributed by atoms with E-state index < -0.39 is 15.8 Å². The minimum absolute atomic E-state index is 0.169. The summed E-state index contributed by atoms with van der Waals surface area (Å²) < 4.78 is 46.6. The summed E-state index contributed by atoms with van der Waals surface area (Å²) in [4.78, 5) is 14.9. The predicted molar refractivity (Wildman–Crippen MR) is 124 cm³/mol. The first-order valence-corrected chi connectivity index (χ1v) is 11.3. The number of methoxy groups -OCH3 is 4. The molecular formula is C22H26N2O8S. The van der Waals surface area contributed by atoms with Crippen LogP contribution in [-0.2, 0) is 20.4 Å². The highest BCUT2D eigenvalue weighted by molar-refractivity contribution is 7.93. The molecule has 2 rings (SSSR count). The van der Waals surface area contributed by atoms with Crippen LogP contribution in [0.2, 0.25) is 0 Å². The highest BCUT2D eigenvalue weighted by atomic mass is 32.2. The van der Waals surface area contributed by atoms with Crippen LogP contribution in [0.3, 0.4) is 0 Å². The lowest BCUT2D eigenvalue weighted by Gasteiger charge is -2.12. The van der Waals surface area contributed by atoms with E-state index in [9.17, 15) is 13.2 Å². The average Bonchev–Trinajstić information content (AvgIpc) is 2.79. The third-order valence-corrected chi connectivity index (χ3v) is 5.58. The molecule has 0 atom stereocenters. The molecular weight excluding hydrogens is 452 g/mol. The summed E-state index contributed by atoms with van der Waals surface area (Å²) in [7, 11) is 2.15. The fourth-order valence-corrected chi connectivity index (χ4v) is 3.81. The summed E-state index contributed by atoms with van der Waals surface area (Å²) >= 11 is 0. The number of aromatic nitrogens is 1. The predicted octanol–water partition coefficient (Wildman–Crippen LogP) is 2.75. The van der Waals surface area contributed by atoms with Crippen molar-refractivity contribution in [2.45, 2.75) is 5.75 Å². The molecule has 1 heterocycles. The Labute approximate surface area is 192 Å². The Bertz CT molecular complexity index is 1120. The van der Waals surface area contributed by atoms with Crippen LogP contribution < -0.4 is 24.3 Å². The van der Waals surface area contributed by atoms with E-state index in [1.54, 1.807) is 18.2 Å². The molecule has 0 aliphatic carbocycles. The van der Waals surface area contributed by atoms with Crippen LogP contribution in [0.5, 0.6) is 23.0 Å². The highest BCUT2D eigenvalue weighted by Gasteiger charge is 2.15. The van der Waals surface area contributed by atoms with Gasteiger partial charge in [0.25, 0.3) is 0 Å². The van der Waals surface area contributed by atoms with Gasteiger partial charge in [0.05, 0.1) is 45.4 Å². The molecule has 0 bridgehead atoms. The number of hydrogen-bond acceptors (Lipinski definition) is 9. The normalized spacial score (nSPS) is 11.5. The van der Waals surface area contributed by atoms with Gasteiger partial charge in [0, 0.05) is 30.2 Å². The Morgan fingerprint density at radius 3 is 2.21 bits per heavy atom. The van der Waals surface area contributed by atoms with Gasteiger partial charge in [-0.1, -0.05) is 6.08 Å². The van der Waals surface area contributed by atoms with Gasteiger partial charge in [-0.25, -0.2) is 18.2 Å². The van der Waals surface area contributed by atoms with E-state index in [2.05, 4.69) is 10.3 Å². The Balaban J connectivity index is 2.26. The summed E-state index contributed by atoms with van der Waals surface area (Å²) in [5, 5.41) is 12.6. The number of carboxylic acid groups (broad SMARTS) is 1.